The van der Waals surface area contributed by atoms with Crippen LogP contribution in [0.25, 0.3) is 10.8 Å². The van der Waals surface area contributed by atoms with Crippen molar-refractivity contribution in [3.8, 4) is 5.75 Å². The van der Waals surface area contributed by atoms with Gasteiger partial charge in [0.15, 0.2) is 0 Å². The van der Waals surface area contributed by atoms with Crippen LogP contribution in [0.1, 0.15) is 60.4 Å². The number of ether oxygens (including phenoxy) is 1. The van der Waals surface area contributed by atoms with E-state index in [1.807, 2.05) is 6.08 Å². The van der Waals surface area contributed by atoms with Crippen molar-refractivity contribution < 1.29 is 22.7 Å². The number of hydrogen-bond acceptors (Lipinski definition) is 2. The predicted octanol–water partition coefficient (Wildman–Crippen LogP) is 7.72. The van der Waals surface area contributed by atoms with Crippen LogP contribution in [0.2, 0.25) is 0 Å². The second kappa shape index (κ2) is 9.60. The van der Waals surface area contributed by atoms with Crippen molar-refractivity contribution >= 4 is 16.7 Å². The second-order valence-electron chi connectivity index (χ2n) is 8.46. The number of rotatable bonds is 6. The highest BCUT2D eigenvalue weighted by atomic mass is 19.1. The van der Waals surface area contributed by atoms with Crippen molar-refractivity contribution in [1.29, 1.82) is 0 Å². The van der Waals surface area contributed by atoms with Crippen molar-refractivity contribution in [3.05, 3.63) is 89.8 Å². The maximum Gasteiger partial charge on any atom is 0.349 e. The molecule has 166 valence electrons. The van der Waals surface area contributed by atoms with E-state index in [0.29, 0.717) is 22.3 Å². The van der Waals surface area contributed by atoms with Crippen LogP contribution < -0.4 is 4.74 Å². The molecule has 1 fully saturated rings. The highest BCUT2D eigenvalue weighted by Gasteiger charge is 2.26. The summed E-state index contributed by atoms with van der Waals surface area (Å²) in [5, 5.41) is 0.892. The Balaban J connectivity index is 1.48. The van der Waals surface area contributed by atoms with Gasteiger partial charge in [-0.15, -0.1) is 6.58 Å². The van der Waals surface area contributed by atoms with E-state index < -0.39 is 29.0 Å². The van der Waals surface area contributed by atoms with Crippen LogP contribution in [-0.2, 0) is 0 Å². The van der Waals surface area contributed by atoms with E-state index in [2.05, 4.69) is 6.58 Å². The molecule has 0 aromatic heterocycles. The molecule has 1 aliphatic carbocycles. The first-order valence-corrected chi connectivity index (χ1v) is 11.0. The third-order valence-electron chi connectivity index (χ3n) is 6.37. The fourth-order valence-electron chi connectivity index (χ4n) is 4.61. The molecule has 0 spiro atoms. The first-order chi connectivity index (χ1) is 15.5. The average Bonchev–Trinajstić information content (AvgIpc) is 2.77. The van der Waals surface area contributed by atoms with Crippen LogP contribution in [0, 0.1) is 23.4 Å². The molecule has 32 heavy (non-hydrogen) atoms. The number of carbonyl (C=O) groups is 1. The van der Waals surface area contributed by atoms with E-state index in [4.69, 9.17) is 4.74 Å². The molecule has 3 aromatic rings. The summed E-state index contributed by atoms with van der Waals surface area (Å²) in [5.41, 5.74) is -0.132. The maximum absolute atomic E-state index is 14.8. The number of benzene rings is 3. The molecule has 5 heteroatoms. The first-order valence-electron chi connectivity index (χ1n) is 11.0. The molecular formula is C27H25F3O2. The zero-order valence-corrected chi connectivity index (χ0v) is 17.8. The predicted molar refractivity (Wildman–Crippen MR) is 119 cm³/mol. The van der Waals surface area contributed by atoms with Crippen LogP contribution in [0.15, 0.2) is 61.2 Å². The van der Waals surface area contributed by atoms with Crippen LogP contribution in [0.3, 0.4) is 0 Å². The highest BCUT2D eigenvalue weighted by molar-refractivity contribution is 5.92. The third-order valence-corrected chi connectivity index (χ3v) is 6.37. The molecule has 1 aliphatic rings. The van der Waals surface area contributed by atoms with Gasteiger partial charge in [0.1, 0.15) is 28.8 Å². The summed E-state index contributed by atoms with van der Waals surface area (Å²) in [6.45, 7) is 3.76. The maximum atomic E-state index is 14.8. The van der Waals surface area contributed by atoms with Crippen molar-refractivity contribution in [2.45, 2.75) is 44.4 Å². The highest BCUT2D eigenvalue weighted by Crippen LogP contribution is 2.38. The average molecular weight is 438 g/mol. The molecule has 0 aliphatic heterocycles. The van der Waals surface area contributed by atoms with Crippen molar-refractivity contribution in [2.24, 2.45) is 5.92 Å². The largest absolute Gasteiger partial charge is 0.423 e. The van der Waals surface area contributed by atoms with Gasteiger partial charge in [-0.25, -0.2) is 18.0 Å². The number of halogens is 3. The van der Waals surface area contributed by atoms with E-state index in [-0.39, 0.29) is 11.7 Å². The Kier molecular flexibility index (Phi) is 6.63. The van der Waals surface area contributed by atoms with Gasteiger partial charge in [-0.3, -0.25) is 0 Å². The van der Waals surface area contributed by atoms with E-state index in [1.54, 1.807) is 6.07 Å². The minimum absolute atomic E-state index is 0.0828. The second-order valence-corrected chi connectivity index (χ2v) is 8.46. The SMILES string of the molecule is C=CCCC1CCC(c2cc(F)c(C(=O)Oc3ccc4c(F)cccc4c3)c(F)c2)CC1. The third kappa shape index (κ3) is 4.72. The van der Waals surface area contributed by atoms with E-state index in [1.165, 1.54) is 42.5 Å². The summed E-state index contributed by atoms with van der Waals surface area (Å²) < 4.78 is 48.5. The molecular weight excluding hydrogens is 413 g/mol. The van der Waals surface area contributed by atoms with Crippen LogP contribution in [0.5, 0.6) is 5.75 Å². The van der Waals surface area contributed by atoms with Gasteiger partial charge in [-0.1, -0.05) is 18.2 Å². The van der Waals surface area contributed by atoms with Crippen molar-refractivity contribution in [1.82, 2.24) is 0 Å². The van der Waals surface area contributed by atoms with E-state index in [0.717, 1.165) is 38.5 Å². The van der Waals surface area contributed by atoms with Crippen LogP contribution in [0.4, 0.5) is 13.2 Å². The van der Waals surface area contributed by atoms with Gasteiger partial charge in [0.05, 0.1) is 0 Å². The zero-order chi connectivity index (χ0) is 22.7. The summed E-state index contributed by atoms with van der Waals surface area (Å²) in [5.74, 6) is -2.56. The Bertz CT molecular complexity index is 1120. The number of carbonyl (C=O) groups excluding carboxylic acids is 1. The Hall–Kier alpha value is -3.08. The molecule has 0 amide bonds. The summed E-state index contributed by atoms with van der Waals surface area (Å²) in [7, 11) is 0. The minimum Gasteiger partial charge on any atom is -0.423 e. The van der Waals surface area contributed by atoms with Gasteiger partial charge in [0.25, 0.3) is 0 Å². The quantitative estimate of drug-likeness (QED) is 0.224. The molecule has 2 nitrogen and oxygen atoms in total. The lowest BCUT2D eigenvalue weighted by Gasteiger charge is -2.28. The number of fused-ring (bicyclic) bond motifs is 1. The molecule has 0 atom stereocenters. The summed E-state index contributed by atoms with van der Waals surface area (Å²) in [6.07, 6.45) is 7.80. The number of allylic oxidation sites excluding steroid dienone is 1. The molecule has 0 heterocycles. The molecule has 0 N–H and O–H groups in total. The zero-order valence-electron chi connectivity index (χ0n) is 17.8. The Morgan fingerprint density at radius 2 is 1.69 bits per heavy atom. The Morgan fingerprint density at radius 3 is 2.38 bits per heavy atom. The fraction of sp³-hybridized carbons (Fsp3) is 0.296. The summed E-state index contributed by atoms with van der Waals surface area (Å²) in [4.78, 5) is 12.5. The van der Waals surface area contributed by atoms with E-state index >= 15 is 0 Å². The number of esters is 1. The molecule has 1 saturated carbocycles. The molecule has 0 unspecified atom stereocenters. The summed E-state index contributed by atoms with van der Waals surface area (Å²) in [6, 6.07) is 11.4. The topological polar surface area (TPSA) is 26.3 Å². The first kappa shape index (κ1) is 22.1. The van der Waals surface area contributed by atoms with Crippen LogP contribution in [-0.4, -0.2) is 5.97 Å². The standard InChI is InChI=1S/C27H25F3O2/c1-2-3-5-17-8-10-18(11-9-17)20-15-24(29)26(25(30)16-20)27(31)32-21-12-13-22-19(14-21)6-4-7-23(22)28/h2,4,6-7,12-18H,1,3,5,8-11H2. The number of hydrogen-bond donors (Lipinski definition) is 0. The summed E-state index contributed by atoms with van der Waals surface area (Å²) >= 11 is 0. The molecule has 4 rings (SSSR count). The lowest BCUT2D eigenvalue weighted by molar-refractivity contribution is 0.0724. The van der Waals surface area contributed by atoms with Gasteiger partial charge < -0.3 is 4.74 Å². The molecule has 3 aromatic carbocycles. The van der Waals surface area contributed by atoms with E-state index in [9.17, 15) is 18.0 Å². The van der Waals surface area contributed by atoms with Gasteiger partial charge in [-0.05, 0) is 97.7 Å². The van der Waals surface area contributed by atoms with Crippen molar-refractivity contribution in [3.63, 3.8) is 0 Å². The fourth-order valence-corrected chi connectivity index (χ4v) is 4.61. The monoisotopic (exact) mass is 438 g/mol. The smallest absolute Gasteiger partial charge is 0.349 e. The van der Waals surface area contributed by atoms with Gasteiger partial charge >= 0.3 is 5.97 Å². The Labute approximate surface area is 185 Å². The van der Waals surface area contributed by atoms with Crippen molar-refractivity contribution in [2.75, 3.05) is 0 Å². The van der Waals surface area contributed by atoms with Crippen LogP contribution >= 0.6 is 0 Å². The Morgan fingerprint density at radius 1 is 0.969 bits per heavy atom. The minimum atomic E-state index is -1.12. The molecule has 0 radical (unpaired) electrons. The van der Waals surface area contributed by atoms with Gasteiger partial charge in [-0.2, -0.15) is 0 Å². The van der Waals surface area contributed by atoms with Gasteiger partial charge in [0.2, 0.25) is 0 Å². The molecule has 0 saturated heterocycles. The normalized spacial score (nSPS) is 18.5. The van der Waals surface area contributed by atoms with Gasteiger partial charge in [0, 0.05) is 5.39 Å². The lowest BCUT2D eigenvalue weighted by Crippen LogP contribution is -2.16. The lowest BCUT2D eigenvalue weighted by atomic mass is 9.77. The molecule has 0 bridgehead atoms.